The Balaban J connectivity index is 2.85. The Morgan fingerprint density at radius 3 is 2.60 bits per heavy atom. The number of aryl methyl sites for hydroxylation is 1. The molecule has 1 nitrogen and oxygen atoms in total. The first-order valence-electron chi connectivity index (χ1n) is 5.68. The fourth-order valence-corrected chi connectivity index (χ4v) is 1.81. The first-order chi connectivity index (χ1) is 7.19. The maximum Gasteiger partial charge on any atom is 0.126 e. The lowest BCUT2D eigenvalue weighted by Crippen LogP contribution is -2.20. The third-order valence-corrected chi connectivity index (χ3v) is 2.61. The number of benzene rings is 1. The molecule has 2 heteroatoms. The zero-order valence-corrected chi connectivity index (χ0v) is 9.81. The number of hydrogen-bond acceptors (Lipinski definition) is 1. The van der Waals surface area contributed by atoms with Crippen molar-refractivity contribution >= 4 is 0 Å². The molecule has 0 saturated heterocycles. The Kier molecular flexibility index (Phi) is 4.76. The molecule has 0 fully saturated rings. The summed E-state index contributed by atoms with van der Waals surface area (Å²) in [7, 11) is 0. The lowest BCUT2D eigenvalue weighted by molar-refractivity contribution is 0.507. The van der Waals surface area contributed by atoms with Crippen molar-refractivity contribution in [2.45, 2.75) is 39.7 Å². The van der Waals surface area contributed by atoms with Gasteiger partial charge in [-0.25, -0.2) is 4.39 Å². The third kappa shape index (κ3) is 3.31. The summed E-state index contributed by atoms with van der Waals surface area (Å²) in [6, 6.07) is 5.74. The quantitative estimate of drug-likeness (QED) is 0.781. The molecule has 0 bridgehead atoms. The van der Waals surface area contributed by atoms with Crippen LogP contribution in [0.15, 0.2) is 18.2 Å². The van der Waals surface area contributed by atoms with Crippen molar-refractivity contribution in [3.8, 4) is 0 Å². The molecule has 0 amide bonds. The second kappa shape index (κ2) is 5.86. The molecule has 1 aromatic rings. The van der Waals surface area contributed by atoms with E-state index in [9.17, 15) is 4.39 Å². The summed E-state index contributed by atoms with van der Waals surface area (Å²) in [5.41, 5.74) is 1.92. The van der Waals surface area contributed by atoms with Gasteiger partial charge in [-0.1, -0.05) is 32.4 Å². The fourth-order valence-electron chi connectivity index (χ4n) is 1.81. The molecule has 1 rings (SSSR count). The lowest BCUT2D eigenvalue weighted by Gasteiger charge is -2.18. The van der Waals surface area contributed by atoms with E-state index in [0.29, 0.717) is 6.04 Å². The van der Waals surface area contributed by atoms with Gasteiger partial charge in [0.25, 0.3) is 0 Å². The summed E-state index contributed by atoms with van der Waals surface area (Å²) < 4.78 is 13.1. The molecule has 1 aromatic carbocycles. The van der Waals surface area contributed by atoms with Crippen LogP contribution < -0.4 is 5.32 Å². The van der Waals surface area contributed by atoms with Gasteiger partial charge in [-0.05, 0) is 37.1 Å². The van der Waals surface area contributed by atoms with Gasteiger partial charge in [0, 0.05) is 6.04 Å². The number of rotatable bonds is 5. The van der Waals surface area contributed by atoms with E-state index in [1.807, 2.05) is 19.1 Å². The molecule has 0 radical (unpaired) electrons. The van der Waals surface area contributed by atoms with Crippen LogP contribution in [-0.4, -0.2) is 6.54 Å². The zero-order valence-electron chi connectivity index (χ0n) is 9.81. The van der Waals surface area contributed by atoms with Gasteiger partial charge in [0.2, 0.25) is 0 Å². The van der Waals surface area contributed by atoms with Crippen molar-refractivity contribution in [3.05, 3.63) is 35.1 Å². The van der Waals surface area contributed by atoms with Crippen LogP contribution in [0.25, 0.3) is 0 Å². The molecule has 1 atom stereocenters. The standard InChI is InChI=1S/C13H20FN/c1-4-6-13(15-5-2)11-7-8-12(14)10(3)9-11/h7-9,13,15H,4-6H2,1-3H3. The summed E-state index contributed by atoms with van der Waals surface area (Å²) >= 11 is 0. The van der Waals surface area contributed by atoms with Crippen molar-refractivity contribution in [1.82, 2.24) is 5.32 Å². The summed E-state index contributed by atoms with van der Waals surface area (Å²) in [6.07, 6.45) is 2.23. The molecule has 0 aliphatic carbocycles. The maximum absolute atomic E-state index is 13.1. The first kappa shape index (κ1) is 12.2. The summed E-state index contributed by atoms with van der Waals surface area (Å²) in [5, 5.41) is 3.42. The SMILES string of the molecule is CCCC(NCC)c1ccc(F)c(C)c1. The van der Waals surface area contributed by atoms with Gasteiger partial charge >= 0.3 is 0 Å². The second-order valence-corrected chi connectivity index (χ2v) is 3.91. The minimum atomic E-state index is -0.120. The highest BCUT2D eigenvalue weighted by molar-refractivity contribution is 5.26. The molecule has 1 N–H and O–H groups in total. The molecule has 1 unspecified atom stereocenters. The van der Waals surface area contributed by atoms with E-state index in [4.69, 9.17) is 0 Å². The highest BCUT2D eigenvalue weighted by atomic mass is 19.1. The Hall–Kier alpha value is -0.890. The van der Waals surface area contributed by atoms with Gasteiger partial charge < -0.3 is 5.32 Å². The normalized spacial score (nSPS) is 12.8. The van der Waals surface area contributed by atoms with E-state index >= 15 is 0 Å². The van der Waals surface area contributed by atoms with Gasteiger partial charge in [0.1, 0.15) is 5.82 Å². The van der Waals surface area contributed by atoms with Gasteiger partial charge in [0.15, 0.2) is 0 Å². The van der Waals surface area contributed by atoms with Crippen molar-refractivity contribution < 1.29 is 4.39 Å². The molecular weight excluding hydrogens is 189 g/mol. The highest BCUT2D eigenvalue weighted by Gasteiger charge is 2.10. The van der Waals surface area contributed by atoms with Crippen molar-refractivity contribution in [2.75, 3.05) is 6.54 Å². The largest absolute Gasteiger partial charge is 0.310 e. The molecule has 0 spiro atoms. The molecule has 0 aromatic heterocycles. The molecule has 84 valence electrons. The molecule has 0 heterocycles. The van der Waals surface area contributed by atoms with E-state index in [1.165, 1.54) is 5.56 Å². The van der Waals surface area contributed by atoms with Gasteiger partial charge in [-0.15, -0.1) is 0 Å². The minimum absolute atomic E-state index is 0.120. The summed E-state index contributed by atoms with van der Waals surface area (Å²) in [5.74, 6) is -0.120. The van der Waals surface area contributed by atoms with Crippen LogP contribution in [0.5, 0.6) is 0 Å². The van der Waals surface area contributed by atoms with E-state index in [0.717, 1.165) is 24.9 Å². The van der Waals surface area contributed by atoms with Crippen LogP contribution >= 0.6 is 0 Å². The third-order valence-electron chi connectivity index (χ3n) is 2.61. The summed E-state index contributed by atoms with van der Waals surface area (Å²) in [6.45, 7) is 7.02. The van der Waals surface area contributed by atoms with E-state index in [1.54, 1.807) is 6.07 Å². The topological polar surface area (TPSA) is 12.0 Å². The molecule has 0 aliphatic heterocycles. The predicted octanol–water partition coefficient (Wildman–Crippen LogP) is 3.58. The van der Waals surface area contributed by atoms with Crippen LogP contribution in [0.3, 0.4) is 0 Å². The van der Waals surface area contributed by atoms with Gasteiger partial charge in [0.05, 0.1) is 0 Å². The Morgan fingerprint density at radius 2 is 2.07 bits per heavy atom. The zero-order chi connectivity index (χ0) is 11.3. The number of hydrogen-bond donors (Lipinski definition) is 1. The van der Waals surface area contributed by atoms with Crippen LogP contribution in [0.4, 0.5) is 4.39 Å². The smallest absolute Gasteiger partial charge is 0.126 e. The van der Waals surface area contributed by atoms with Crippen molar-refractivity contribution in [3.63, 3.8) is 0 Å². The highest BCUT2D eigenvalue weighted by Crippen LogP contribution is 2.20. The second-order valence-electron chi connectivity index (χ2n) is 3.91. The Morgan fingerprint density at radius 1 is 1.33 bits per heavy atom. The van der Waals surface area contributed by atoms with Crippen LogP contribution in [0.1, 0.15) is 43.9 Å². The Labute approximate surface area is 91.7 Å². The molecule has 0 saturated carbocycles. The van der Waals surface area contributed by atoms with E-state index in [-0.39, 0.29) is 5.82 Å². The minimum Gasteiger partial charge on any atom is -0.310 e. The Bertz CT molecular complexity index is 303. The average molecular weight is 209 g/mol. The maximum atomic E-state index is 13.1. The first-order valence-corrected chi connectivity index (χ1v) is 5.68. The molecule has 15 heavy (non-hydrogen) atoms. The van der Waals surface area contributed by atoms with Crippen molar-refractivity contribution in [1.29, 1.82) is 0 Å². The van der Waals surface area contributed by atoms with Crippen molar-refractivity contribution in [2.24, 2.45) is 0 Å². The number of nitrogens with one attached hydrogen (secondary N) is 1. The van der Waals surface area contributed by atoms with E-state index in [2.05, 4.69) is 19.2 Å². The average Bonchev–Trinajstić information content (AvgIpc) is 2.22. The molecular formula is C13H20FN. The van der Waals surface area contributed by atoms with Gasteiger partial charge in [-0.2, -0.15) is 0 Å². The van der Waals surface area contributed by atoms with E-state index < -0.39 is 0 Å². The summed E-state index contributed by atoms with van der Waals surface area (Å²) in [4.78, 5) is 0. The lowest BCUT2D eigenvalue weighted by atomic mass is 10.0. The van der Waals surface area contributed by atoms with Gasteiger partial charge in [-0.3, -0.25) is 0 Å². The monoisotopic (exact) mass is 209 g/mol. The van der Waals surface area contributed by atoms with Crippen LogP contribution in [0, 0.1) is 12.7 Å². The predicted molar refractivity (Wildman–Crippen MR) is 62.5 cm³/mol. The van der Waals surface area contributed by atoms with Crippen LogP contribution in [-0.2, 0) is 0 Å². The molecule has 0 aliphatic rings. The van der Waals surface area contributed by atoms with Crippen LogP contribution in [0.2, 0.25) is 0 Å². The number of halogens is 1. The fraction of sp³-hybridized carbons (Fsp3) is 0.538.